The van der Waals surface area contributed by atoms with Crippen molar-refractivity contribution in [2.75, 3.05) is 19.7 Å². The minimum atomic E-state index is 0.115. The molecule has 1 saturated heterocycles. The lowest BCUT2D eigenvalue weighted by molar-refractivity contribution is 0.211. The van der Waals surface area contributed by atoms with Gasteiger partial charge in [0.15, 0.2) is 0 Å². The molecule has 1 aromatic rings. The smallest absolute Gasteiger partial charge is 0.124 e. The van der Waals surface area contributed by atoms with Crippen LogP contribution >= 0.6 is 0 Å². The van der Waals surface area contributed by atoms with Gasteiger partial charge in [0.05, 0.1) is 12.6 Å². The Kier molecular flexibility index (Phi) is 4.61. The summed E-state index contributed by atoms with van der Waals surface area (Å²) in [4.78, 5) is 2.49. The van der Waals surface area contributed by atoms with E-state index in [0.717, 1.165) is 18.8 Å². The van der Waals surface area contributed by atoms with Gasteiger partial charge in [-0.05, 0) is 45.8 Å². The molecule has 1 aliphatic rings. The molecule has 0 aromatic heterocycles. The van der Waals surface area contributed by atoms with E-state index in [0.29, 0.717) is 6.61 Å². The molecule has 100 valence electrons. The molecule has 3 heteroatoms. The summed E-state index contributed by atoms with van der Waals surface area (Å²) in [6.45, 7) is 7.10. The predicted octanol–water partition coefficient (Wildman–Crippen LogP) is 2.57. The highest BCUT2D eigenvalue weighted by atomic mass is 16.5. The lowest BCUT2D eigenvalue weighted by Gasteiger charge is -2.32. The molecule has 0 spiro atoms. The summed E-state index contributed by atoms with van der Waals surface area (Å²) < 4.78 is 5.75. The van der Waals surface area contributed by atoms with Crippen LogP contribution in [0.5, 0.6) is 5.75 Å². The Balaban J connectivity index is 2.29. The van der Waals surface area contributed by atoms with E-state index in [2.05, 4.69) is 24.0 Å². The summed E-state index contributed by atoms with van der Waals surface area (Å²) in [5.41, 5.74) is 7.45. The van der Waals surface area contributed by atoms with E-state index in [4.69, 9.17) is 10.5 Å². The van der Waals surface area contributed by atoms with E-state index >= 15 is 0 Å². The number of hydrogen-bond acceptors (Lipinski definition) is 3. The number of para-hydroxylation sites is 1. The first-order chi connectivity index (χ1) is 8.74. The summed E-state index contributed by atoms with van der Waals surface area (Å²) in [5.74, 6) is 0.981. The lowest BCUT2D eigenvalue weighted by atomic mass is 9.98. The molecule has 2 N–H and O–H groups in total. The highest BCUT2D eigenvalue weighted by molar-refractivity contribution is 5.37. The number of benzene rings is 1. The lowest BCUT2D eigenvalue weighted by Crippen LogP contribution is -2.38. The quantitative estimate of drug-likeness (QED) is 0.870. The first kappa shape index (κ1) is 13.4. The fraction of sp³-hybridized carbons (Fsp3) is 0.600. The summed E-state index contributed by atoms with van der Waals surface area (Å²) in [7, 11) is 0. The van der Waals surface area contributed by atoms with Crippen molar-refractivity contribution >= 4 is 0 Å². The molecule has 18 heavy (non-hydrogen) atoms. The van der Waals surface area contributed by atoms with E-state index in [1.54, 1.807) is 0 Å². The first-order valence-corrected chi connectivity index (χ1v) is 6.95. The summed E-state index contributed by atoms with van der Waals surface area (Å²) in [5, 5.41) is 0. The summed E-state index contributed by atoms with van der Waals surface area (Å²) in [6, 6.07) is 8.68. The van der Waals surface area contributed by atoms with Crippen molar-refractivity contribution in [3.63, 3.8) is 0 Å². The molecule has 0 bridgehead atoms. The molecule has 0 saturated carbocycles. The van der Waals surface area contributed by atoms with E-state index in [-0.39, 0.29) is 12.1 Å². The maximum atomic E-state index is 6.22. The number of nitrogens with zero attached hydrogens (tertiary/aromatic N) is 1. The second-order valence-electron chi connectivity index (χ2n) is 5.02. The molecule has 1 aromatic carbocycles. The average Bonchev–Trinajstić information content (AvgIpc) is 2.85. The van der Waals surface area contributed by atoms with Crippen LogP contribution in [0.3, 0.4) is 0 Å². The maximum Gasteiger partial charge on any atom is 0.124 e. The van der Waals surface area contributed by atoms with E-state index < -0.39 is 0 Å². The monoisotopic (exact) mass is 248 g/mol. The SMILES string of the molecule is CCOc1ccccc1C(C(C)N)N1CCCC1. The molecule has 2 atom stereocenters. The van der Waals surface area contributed by atoms with Crippen molar-refractivity contribution < 1.29 is 4.74 Å². The highest BCUT2D eigenvalue weighted by Gasteiger charge is 2.28. The molecular weight excluding hydrogens is 224 g/mol. The van der Waals surface area contributed by atoms with Gasteiger partial charge >= 0.3 is 0 Å². The van der Waals surface area contributed by atoms with E-state index in [1.165, 1.54) is 18.4 Å². The Morgan fingerprint density at radius 3 is 2.56 bits per heavy atom. The van der Waals surface area contributed by atoms with Gasteiger partial charge < -0.3 is 10.5 Å². The van der Waals surface area contributed by atoms with Gasteiger partial charge in [0.1, 0.15) is 5.75 Å². The molecule has 0 aliphatic carbocycles. The molecule has 2 unspecified atom stereocenters. The molecule has 3 nitrogen and oxygen atoms in total. The zero-order chi connectivity index (χ0) is 13.0. The standard InChI is InChI=1S/C15H24N2O/c1-3-18-14-9-5-4-8-13(14)15(12(2)16)17-10-6-7-11-17/h4-5,8-9,12,15H,3,6-7,10-11,16H2,1-2H3. The number of hydrogen-bond donors (Lipinski definition) is 1. The van der Waals surface area contributed by atoms with Gasteiger partial charge in [-0.25, -0.2) is 0 Å². The zero-order valence-electron chi connectivity index (χ0n) is 11.4. The molecule has 1 aliphatic heterocycles. The van der Waals surface area contributed by atoms with Crippen LogP contribution in [0.4, 0.5) is 0 Å². The Labute approximate surface area is 110 Å². The van der Waals surface area contributed by atoms with Crippen molar-refractivity contribution in [1.29, 1.82) is 0 Å². The molecule has 0 amide bonds. The first-order valence-electron chi connectivity index (χ1n) is 6.95. The van der Waals surface area contributed by atoms with E-state index in [1.807, 2.05) is 19.1 Å². The van der Waals surface area contributed by atoms with Crippen LogP contribution in [0.1, 0.15) is 38.3 Å². The van der Waals surface area contributed by atoms with Gasteiger partial charge in [-0.15, -0.1) is 0 Å². The molecule has 1 fully saturated rings. The Bertz CT molecular complexity index is 373. The van der Waals surface area contributed by atoms with Crippen LogP contribution in [0.25, 0.3) is 0 Å². The van der Waals surface area contributed by atoms with Crippen molar-refractivity contribution in [2.45, 2.75) is 38.8 Å². The number of likely N-dealkylation sites (tertiary alicyclic amines) is 1. The van der Waals surface area contributed by atoms with Gasteiger partial charge in [-0.2, -0.15) is 0 Å². The topological polar surface area (TPSA) is 38.5 Å². The van der Waals surface area contributed by atoms with Crippen LogP contribution in [0.15, 0.2) is 24.3 Å². The van der Waals surface area contributed by atoms with E-state index in [9.17, 15) is 0 Å². The van der Waals surface area contributed by atoms with Crippen LogP contribution in [-0.4, -0.2) is 30.6 Å². The molecule has 1 heterocycles. The summed E-state index contributed by atoms with van der Waals surface area (Å²) >= 11 is 0. The van der Waals surface area contributed by atoms with Crippen LogP contribution < -0.4 is 10.5 Å². The van der Waals surface area contributed by atoms with Crippen LogP contribution in [-0.2, 0) is 0 Å². The predicted molar refractivity (Wildman–Crippen MR) is 74.8 cm³/mol. The largest absolute Gasteiger partial charge is 0.494 e. The minimum Gasteiger partial charge on any atom is -0.494 e. The Hall–Kier alpha value is -1.06. The average molecular weight is 248 g/mol. The van der Waals surface area contributed by atoms with Gasteiger partial charge in [0.25, 0.3) is 0 Å². The van der Waals surface area contributed by atoms with Crippen molar-refractivity contribution in [1.82, 2.24) is 4.90 Å². The van der Waals surface area contributed by atoms with Gasteiger partial charge in [0, 0.05) is 11.6 Å². The number of nitrogens with two attached hydrogens (primary N) is 1. The molecule has 0 radical (unpaired) electrons. The van der Waals surface area contributed by atoms with Gasteiger partial charge in [-0.3, -0.25) is 4.90 Å². The highest BCUT2D eigenvalue weighted by Crippen LogP contribution is 2.33. The summed E-state index contributed by atoms with van der Waals surface area (Å²) in [6.07, 6.45) is 2.56. The normalized spacial score (nSPS) is 19.7. The molecule has 2 rings (SSSR count). The van der Waals surface area contributed by atoms with Crippen LogP contribution in [0.2, 0.25) is 0 Å². The number of rotatable bonds is 5. The zero-order valence-corrected chi connectivity index (χ0v) is 11.4. The van der Waals surface area contributed by atoms with Crippen molar-refractivity contribution in [2.24, 2.45) is 5.73 Å². The van der Waals surface area contributed by atoms with Gasteiger partial charge in [-0.1, -0.05) is 18.2 Å². The fourth-order valence-corrected chi connectivity index (χ4v) is 2.84. The Morgan fingerprint density at radius 1 is 1.28 bits per heavy atom. The third-order valence-corrected chi connectivity index (χ3v) is 3.57. The minimum absolute atomic E-state index is 0.115. The number of ether oxygens (including phenoxy) is 1. The van der Waals surface area contributed by atoms with Gasteiger partial charge in [0.2, 0.25) is 0 Å². The molecular formula is C15H24N2O. The maximum absolute atomic E-state index is 6.22. The van der Waals surface area contributed by atoms with Crippen LogP contribution in [0, 0.1) is 0 Å². The fourth-order valence-electron chi connectivity index (χ4n) is 2.84. The third kappa shape index (κ3) is 2.85. The Morgan fingerprint density at radius 2 is 1.94 bits per heavy atom. The van der Waals surface area contributed by atoms with Crippen molar-refractivity contribution in [3.05, 3.63) is 29.8 Å². The third-order valence-electron chi connectivity index (χ3n) is 3.57. The second kappa shape index (κ2) is 6.21. The van der Waals surface area contributed by atoms with Crippen molar-refractivity contribution in [3.8, 4) is 5.75 Å². The second-order valence-corrected chi connectivity index (χ2v) is 5.02.